The van der Waals surface area contributed by atoms with E-state index in [9.17, 15) is 13.2 Å². The van der Waals surface area contributed by atoms with Gasteiger partial charge in [0.15, 0.2) is 0 Å². The minimum atomic E-state index is -3.36. The van der Waals surface area contributed by atoms with Crippen LogP contribution in [0.2, 0.25) is 0 Å². The average Bonchev–Trinajstić information content (AvgIpc) is 3.10. The molecule has 2 N–H and O–H groups in total. The molecule has 0 radical (unpaired) electrons. The third kappa shape index (κ3) is 5.82. The first-order valence-corrected chi connectivity index (χ1v) is 11.7. The number of rotatable bonds is 8. The fraction of sp³-hybridized carbons (Fsp3) is 0.190. The molecule has 0 aliphatic carbocycles. The van der Waals surface area contributed by atoms with E-state index >= 15 is 0 Å². The molecule has 1 heterocycles. The van der Waals surface area contributed by atoms with Crippen LogP contribution in [0.1, 0.15) is 22.2 Å². The summed E-state index contributed by atoms with van der Waals surface area (Å²) in [4.78, 5) is 14.2. The number of carbonyl (C=O) groups excluding carboxylic acids is 1. The fourth-order valence-electron chi connectivity index (χ4n) is 2.76. The van der Waals surface area contributed by atoms with Gasteiger partial charge in [0.25, 0.3) is 5.91 Å². The summed E-state index contributed by atoms with van der Waals surface area (Å²) in [6.45, 7) is 2.61. The van der Waals surface area contributed by atoms with Crippen LogP contribution in [-0.4, -0.2) is 27.2 Å². The highest BCUT2D eigenvalue weighted by molar-refractivity contribution is 7.92. The largest absolute Gasteiger partial charge is 0.492 e. The van der Waals surface area contributed by atoms with Gasteiger partial charge in [0.1, 0.15) is 10.6 Å². The number of amides is 1. The van der Waals surface area contributed by atoms with Gasteiger partial charge in [-0.05, 0) is 36.2 Å². The van der Waals surface area contributed by atoms with Crippen LogP contribution < -0.4 is 14.8 Å². The number of hydrogen-bond donors (Lipinski definition) is 2. The molecule has 0 aliphatic rings. The number of benzene rings is 2. The van der Waals surface area contributed by atoms with Crippen LogP contribution in [-0.2, 0) is 16.6 Å². The number of thiophene rings is 1. The number of sulfonamides is 1. The van der Waals surface area contributed by atoms with E-state index in [0.29, 0.717) is 22.9 Å². The third-order valence-electron chi connectivity index (χ3n) is 3.95. The molecule has 152 valence electrons. The first-order chi connectivity index (χ1) is 13.9. The van der Waals surface area contributed by atoms with Crippen molar-refractivity contribution in [1.82, 2.24) is 5.32 Å². The van der Waals surface area contributed by atoms with E-state index in [1.807, 2.05) is 49.4 Å². The molecular formula is C21H22N2O4S2. The first-order valence-electron chi connectivity index (χ1n) is 9.02. The summed E-state index contributed by atoms with van der Waals surface area (Å²) in [7, 11) is -3.36. The van der Waals surface area contributed by atoms with Gasteiger partial charge in [0.05, 0.1) is 12.9 Å². The topological polar surface area (TPSA) is 84.5 Å². The van der Waals surface area contributed by atoms with Crippen molar-refractivity contribution >= 4 is 33.0 Å². The molecule has 1 aromatic heterocycles. The Morgan fingerprint density at radius 2 is 1.83 bits per heavy atom. The van der Waals surface area contributed by atoms with Crippen molar-refractivity contribution in [1.29, 1.82) is 0 Å². The van der Waals surface area contributed by atoms with Gasteiger partial charge in [-0.25, -0.2) is 8.42 Å². The Bertz CT molecular complexity index is 1090. The Morgan fingerprint density at radius 1 is 1.07 bits per heavy atom. The van der Waals surface area contributed by atoms with Gasteiger partial charge in [-0.2, -0.15) is 0 Å². The smallest absolute Gasteiger partial charge is 0.265 e. The van der Waals surface area contributed by atoms with Crippen LogP contribution in [0.3, 0.4) is 0 Å². The highest BCUT2D eigenvalue weighted by atomic mass is 32.2. The molecule has 0 saturated heterocycles. The summed E-state index contributed by atoms with van der Waals surface area (Å²) in [5.41, 5.74) is 2.26. The molecule has 0 saturated carbocycles. The lowest BCUT2D eigenvalue weighted by atomic mass is 10.2. The zero-order valence-electron chi connectivity index (χ0n) is 16.1. The van der Waals surface area contributed by atoms with Crippen molar-refractivity contribution in [2.45, 2.75) is 13.5 Å². The van der Waals surface area contributed by atoms with Crippen molar-refractivity contribution in [3.8, 4) is 16.2 Å². The number of ether oxygens (including phenoxy) is 1. The van der Waals surface area contributed by atoms with Crippen LogP contribution in [0.5, 0.6) is 5.75 Å². The molecule has 0 unspecified atom stereocenters. The number of hydrogen-bond acceptors (Lipinski definition) is 5. The Morgan fingerprint density at radius 3 is 2.52 bits per heavy atom. The minimum Gasteiger partial charge on any atom is -0.492 e. The van der Waals surface area contributed by atoms with E-state index in [4.69, 9.17) is 4.74 Å². The Labute approximate surface area is 174 Å². The van der Waals surface area contributed by atoms with Crippen LogP contribution in [0, 0.1) is 0 Å². The van der Waals surface area contributed by atoms with Crippen molar-refractivity contribution < 1.29 is 17.9 Å². The van der Waals surface area contributed by atoms with Gasteiger partial charge in [-0.1, -0.05) is 42.5 Å². The summed E-state index contributed by atoms with van der Waals surface area (Å²) < 4.78 is 30.9. The zero-order chi connectivity index (χ0) is 20.9. The Kier molecular flexibility index (Phi) is 6.56. The maximum Gasteiger partial charge on any atom is 0.265 e. The van der Waals surface area contributed by atoms with Crippen LogP contribution in [0.15, 0.2) is 60.7 Å². The SMILES string of the molecule is CCOc1cc(-c2ccccc2)sc1C(=O)NCc1cccc(NS(C)(=O)=O)c1. The molecule has 0 spiro atoms. The van der Waals surface area contributed by atoms with E-state index in [0.717, 1.165) is 22.3 Å². The van der Waals surface area contributed by atoms with Crippen molar-refractivity contribution in [2.75, 3.05) is 17.6 Å². The fourth-order valence-corrected chi connectivity index (χ4v) is 4.34. The molecule has 6 nitrogen and oxygen atoms in total. The van der Waals surface area contributed by atoms with Crippen molar-refractivity contribution in [2.24, 2.45) is 0 Å². The molecule has 0 bridgehead atoms. The van der Waals surface area contributed by atoms with Gasteiger partial charge >= 0.3 is 0 Å². The van der Waals surface area contributed by atoms with Gasteiger partial charge in [0, 0.05) is 17.1 Å². The third-order valence-corrected chi connectivity index (χ3v) is 5.72. The number of anilines is 1. The predicted octanol–water partition coefficient (Wildman–Crippen LogP) is 4.12. The minimum absolute atomic E-state index is 0.234. The molecule has 0 aliphatic heterocycles. The second-order valence-electron chi connectivity index (χ2n) is 6.36. The number of nitrogens with one attached hydrogen (secondary N) is 2. The molecule has 8 heteroatoms. The highest BCUT2D eigenvalue weighted by Gasteiger charge is 2.18. The molecule has 3 rings (SSSR count). The lowest BCUT2D eigenvalue weighted by Crippen LogP contribution is -2.22. The normalized spacial score (nSPS) is 11.1. The molecule has 1 amide bonds. The Hall–Kier alpha value is -2.84. The molecule has 3 aromatic rings. The van der Waals surface area contributed by atoms with Crippen LogP contribution in [0.25, 0.3) is 10.4 Å². The molecular weight excluding hydrogens is 408 g/mol. The lowest BCUT2D eigenvalue weighted by Gasteiger charge is -2.09. The van der Waals surface area contributed by atoms with E-state index in [1.165, 1.54) is 11.3 Å². The van der Waals surface area contributed by atoms with Crippen LogP contribution >= 0.6 is 11.3 Å². The molecule has 2 aromatic carbocycles. The number of carbonyl (C=O) groups is 1. The van der Waals surface area contributed by atoms with Crippen molar-refractivity contribution in [3.05, 3.63) is 71.1 Å². The summed E-state index contributed by atoms with van der Waals surface area (Å²) in [6.07, 6.45) is 1.10. The van der Waals surface area contributed by atoms with E-state index in [2.05, 4.69) is 10.0 Å². The zero-order valence-corrected chi connectivity index (χ0v) is 17.8. The first kappa shape index (κ1) is 20.9. The van der Waals surface area contributed by atoms with E-state index in [1.54, 1.807) is 18.2 Å². The Balaban J connectivity index is 1.75. The second kappa shape index (κ2) is 9.11. The van der Waals surface area contributed by atoms with E-state index in [-0.39, 0.29) is 12.5 Å². The summed E-state index contributed by atoms with van der Waals surface area (Å²) in [5, 5.41) is 2.88. The van der Waals surface area contributed by atoms with Gasteiger partial charge in [-0.3, -0.25) is 9.52 Å². The summed E-state index contributed by atoms with van der Waals surface area (Å²) in [5.74, 6) is 0.323. The lowest BCUT2D eigenvalue weighted by molar-refractivity contribution is 0.0951. The summed E-state index contributed by atoms with van der Waals surface area (Å²) >= 11 is 1.38. The standard InChI is InChI=1S/C21H22N2O4S2/c1-3-27-18-13-19(16-9-5-4-6-10-16)28-20(18)21(24)22-14-15-8-7-11-17(12-15)23-29(2,25)26/h4-13,23H,3,14H2,1-2H3,(H,22,24). The molecule has 0 fully saturated rings. The maximum absolute atomic E-state index is 12.8. The van der Waals surface area contributed by atoms with Crippen LogP contribution in [0.4, 0.5) is 5.69 Å². The summed E-state index contributed by atoms with van der Waals surface area (Å²) in [6, 6.07) is 18.6. The highest BCUT2D eigenvalue weighted by Crippen LogP contribution is 2.36. The second-order valence-corrected chi connectivity index (χ2v) is 9.16. The van der Waals surface area contributed by atoms with Gasteiger partial charge in [0.2, 0.25) is 10.0 Å². The van der Waals surface area contributed by atoms with Gasteiger partial charge < -0.3 is 10.1 Å². The van der Waals surface area contributed by atoms with Gasteiger partial charge in [-0.15, -0.1) is 11.3 Å². The predicted molar refractivity (Wildman–Crippen MR) is 117 cm³/mol. The average molecular weight is 431 g/mol. The monoisotopic (exact) mass is 430 g/mol. The maximum atomic E-state index is 12.8. The molecule has 0 atom stereocenters. The van der Waals surface area contributed by atoms with Crippen molar-refractivity contribution in [3.63, 3.8) is 0 Å². The van der Waals surface area contributed by atoms with E-state index < -0.39 is 10.0 Å². The molecule has 29 heavy (non-hydrogen) atoms. The quantitative estimate of drug-likeness (QED) is 0.563.